The largest absolute Gasteiger partial charge is 0.367 e. The summed E-state index contributed by atoms with van der Waals surface area (Å²) in [4.78, 5) is 6.84. The van der Waals surface area contributed by atoms with Crippen LogP contribution in [0.2, 0.25) is 0 Å². The molecule has 1 heterocycles. The number of morpholine rings is 1. The molecule has 1 N–H and O–H groups in total. The number of aliphatic imine (C=N–C) groups is 1. The molecule has 2 rings (SSSR count). The van der Waals surface area contributed by atoms with E-state index >= 15 is 0 Å². The number of hydrogen-bond donors (Lipinski definition) is 1. The van der Waals surface area contributed by atoms with E-state index in [1.807, 2.05) is 13.8 Å². The number of nitrogens with one attached hydrogen (secondary N) is 1. The Hall–Kier alpha value is -0.980. The molecule has 1 aromatic rings. The van der Waals surface area contributed by atoms with Gasteiger partial charge in [0, 0.05) is 33.2 Å². The zero-order valence-corrected chi connectivity index (χ0v) is 21.3. The highest BCUT2D eigenvalue weighted by molar-refractivity contribution is 14.0. The Morgan fingerprint density at radius 2 is 1.97 bits per heavy atom. The summed E-state index contributed by atoms with van der Waals surface area (Å²) >= 11 is 0. The van der Waals surface area contributed by atoms with Gasteiger partial charge in [-0.25, -0.2) is 17.1 Å². The van der Waals surface area contributed by atoms with E-state index in [2.05, 4.69) is 15.2 Å². The van der Waals surface area contributed by atoms with Gasteiger partial charge in [0.15, 0.2) is 5.96 Å². The molecule has 0 bridgehead atoms. The first-order valence-electron chi connectivity index (χ1n) is 10.1. The standard InChI is InChI=1S/C20H33FN4O3S.HI/c1-5-22-20(23-12-7-13-24(4)29(26,27)6-2)25-14-16(3)28-19(15-25)17-8-10-18(21)11-9-17;/h8-11,16,19H,5-7,12-15H2,1-4H3,(H,22,23);1H. The predicted octanol–water partition coefficient (Wildman–Crippen LogP) is 2.84. The zero-order chi connectivity index (χ0) is 21.4. The number of hydrogen-bond acceptors (Lipinski definition) is 4. The smallest absolute Gasteiger partial charge is 0.213 e. The predicted molar refractivity (Wildman–Crippen MR) is 129 cm³/mol. The summed E-state index contributed by atoms with van der Waals surface area (Å²) in [7, 11) is -1.56. The van der Waals surface area contributed by atoms with Crippen molar-refractivity contribution in [2.45, 2.75) is 39.4 Å². The molecule has 2 unspecified atom stereocenters. The lowest BCUT2D eigenvalue weighted by Gasteiger charge is -2.38. The van der Waals surface area contributed by atoms with Crippen molar-refractivity contribution in [3.63, 3.8) is 0 Å². The fraction of sp³-hybridized carbons (Fsp3) is 0.650. The second-order valence-corrected chi connectivity index (χ2v) is 9.57. The van der Waals surface area contributed by atoms with Gasteiger partial charge >= 0.3 is 0 Å². The maximum atomic E-state index is 13.2. The Balaban J connectivity index is 0.00000450. The normalized spacial score (nSPS) is 20.2. The SMILES string of the molecule is CCNC(=NCCCN(C)S(=O)(=O)CC)N1CC(C)OC(c2ccc(F)cc2)C1.I. The molecule has 1 aliphatic heterocycles. The number of benzene rings is 1. The molecular weight excluding hydrogens is 522 g/mol. The Morgan fingerprint density at radius 1 is 1.30 bits per heavy atom. The second kappa shape index (κ2) is 12.8. The third kappa shape index (κ3) is 7.93. The van der Waals surface area contributed by atoms with Crippen LogP contribution in [0.15, 0.2) is 29.3 Å². The van der Waals surface area contributed by atoms with Crippen molar-refractivity contribution < 1.29 is 17.5 Å². The van der Waals surface area contributed by atoms with Crippen molar-refractivity contribution in [1.29, 1.82) is 0 Å². The molecule has 0 aromatic heterocycles. The number of halogens is 2. The van der Waals surface area contributed by atoms with Crippen molar-refractivity contribution in [1.82, 2.24) is 14.5 Å². The first-order valence-corrected chi connectivity index (χ1v) is 11.8. The van der Waals surface area contributed by atoms with Crippen molar-refractivity contribution in [3.05, 3.63) is 35.6 Å². The minimum Gasteiger partial charge on any atom is -0.367 e. The summed E-state index contributed by atoms with van der Waals surface area (Å²) in [5.74, 6) is 0.626. The van der Waals surface area contributed by atoms with Crippen LogP contribution in [0, 0.1) is 5.82 Å². The molecule has 1 saturated heterocycles. The Bertz CT molecular complexity index is 777. The van der Waals surface area contributed by atoms with Gasteiger partial charge in [-0.1, -0.05) is 12.1 Å². The maximum absolute atomic E-state index is 13.2. The number of guanidine groups is 1. The molecule has 0 radical (unpaired) electrons. The fourth-order valence-electron chi connectivity index (χ4n) is 3.25. The number of rotatable bonds is 8. The second-order valence-electron chi connectivity index (χ2n) is 7.20. The molecule has 10 heteroatoms. The van der Waals surface area contributed by atoms with Gasteiger partial charge < -0.3 is 15.0 Å². The number of nitrogens with zero attached hydrogens (tertiary/aromatic N) is 3. The molecule has 2 atom stereocenters. The van der Waals surface area contributed by atoms with Gasteiger partial charge in [-0.3, -0.25) is 4.99 Å². The minimum absolute atomic E-state index is 0. The maximum Gasteiger partial charge on any atom is 0.213 e. The number of ether oxygens (including phenoxy) is 1. The number of sulfonamides is 1. The molecular formula is C20H34FIN4O3S. The molecule has 30 heavy (non-hydrogen) atoms. The third-order valence-corrected chi connectivity index (χ3v) is 6.73. The van der Waals surface area contributed by atoms with Crippen LogP contribution in [-0.2, 0) is 14.8 Å². The van der Waals surface area contributed by atoms with Gasteiger partial charge in [-0.05, 0) is 44.9 Å². The van der Waals surface area contributed by atoms with Crippen molar-refractivity contribution in [2.75, 3.05) is 45.5 Å². The first-order chi connectivity index (χ1) is 13.8. The van der Waals surface area contributed by atoms with Gasteiger partial charge in [0.2, 0.25) is 10.0 Å². The molecule has 1 aromatic carbocycles. The quantitative estimate of drug-likeness (QED) is 0.231. The lowest BCUT2D eigenvalue weighted by molar-refractivity contribution is -0.0605. The highest BCUT2D eigenvalue weighted by Gasteiger charge is 2.28. The van der Waals surface area contributed by atoms with E-state index in [0.29, 0.717) is 32.6 Å². The molecule has 1 aliphatic rings. The average molecular weight is 556 g/mol. The average Bonchev–Trinajstić information content (AvgIpc) is 2.70. The summed E-state index contributed by atoms with van der Waals surface area (Å²) in [6.07, 6.45) is 0.485. The van der Waals surface area contributed by atoms with Crippen LogP contribution in [0.4, 0.5) is 4.39 Å². The lowest BCUT2D eigenvalue weighted by Crippen LogP contribution is -2.50. The highest BCUT2D eigenvalue weighted by atomic mass is 127. The van der Waals surface area contributed by atoms with Crippen LogP contribution in [0.25, 0.3) is 0 Å². The van der Waals surface area contributed by atoms with Crippen LogP contribution in [0.3, 0.4) is 0 Å². The third-order valence-electron chi connectivity index (χ3n) is 4.87. The molecule has 0 saturated carbocycles. The van der Waals surface area contributed by atoms with Crippen molar-refractivity contribution in [2.24, 2.45) is 4.99 Å². The highest BCUT2D eigenvalue weighted by Crippen LogP contribution is 2.25. The van der Waals surface area contributed by atoms with Gasteiger partial charge in [0.05, 0.1) is 18.4 Å². The topological polar surface area (TPSA) is 74.2 Å². The van der Waals surface area contributed by atoms with Crippen LogP contribution in [0.5, 0.6) is 0 Å². The van der Waals surface area contributed by atoms with Crippen molar-refractivity contribution >= 4 is 40.0 Å². The zero-order valence-electron chi connectivity index (χ0n) is 18.2. The van der Waals surface area contributed by atoms with Crippen molar-refractivity contribution in [3.8, 4) is 0 Å². The summed E-state index contributed by atoms with van der Waals surface area (Å²) in [6.45, 7) is 8.69. The van der Waals surface area contributed by atoms with E-state index in [1.54, 1.807) is 26.1 Å². The van der Waals surface area contributed by atoms with E-state index in [4.69, 9.17) is 4.74 Å². The van der Waals surface area contributed by atoms with E-state index < -0.39 is 10.0 Å². The van der Waals surface area contributed by atoms with Crippen LogP contribution in [0.1, 0.15) is 38.9 Å². The van der Waals surface area contributed by atoms with Gasteiger partial charge in [-0.15, -0.1) is 24.0 Å². The Morgan fingerprint density at radius 3 is 2.57 bits per heavy atom. The van der Waals surface area contributed by atoms with E-state index in [9.17, 15) is 12.8 Å². The Kier molecular flexibility index (Phi) is 11.5. The fourth-order valence-corrected chi connectivity index (χ4v) is 4.10. The summed E-state index contributed by atoms with van der Waals surface area (Å²) < 4.78 is 44.4. The van der Waals surface area contributed by atoms with E-state index in [0.717, 1.165) is 18.1 Å². The minimum atomic E-state index is -3.16. The summed E-state index contributed by atoms with van der Waals surface area (Å²) in [6, 6.07) is 6.40. The molecule has 0 spiro atoms. The monoisotopic (exact) mass is 556 g/mol. The van der Waals surface area contributed by atoms with Crippen LogP contribution < -0.4 is 5.32 Å². The first kappa shape index (κ1) is 27.1. The summed E-state index contributed by atoms with van der Waals surface area (Å²) in [5.41, 5.74) is 0.935. The Labute approximate surface area is 197 Å². The molecule has 0 amide bonds. The summed E-state index contributed by atoms with van der Waals surface area (Å²) in [5, 5.41) is 3.31. The van der Waals surface area contributed by atoms with Crippen LogP contribution in [-0.4, -0.2) is 75.2 Å². The lowest BCUT2D eigenvalue weighted by atomic mass is 10.1. The van der Waals surface area contributed by atoms with E-state index in [1.165, 1.54) is 16.4 Å². The van der Waals surface area contributed by atoms with E-state index in [-0.39, 0.29) is 47.8 Å². The molecule has 0 aliphatic carbocycles. The van der Waals surface area contributed by atoms with Gasteiger partial charge in [0.1, 0.15) is 11.9 Å². The molecule has 1 fully saturated rings. The molecule has 172 valence electrons. The van der Waals surface area contributed by atoms with Gasteiger partial charge in [-0.2, -0.15) is 0 Å². The van der Waals surface area contributed by atoms with Gasteiger partial charge in [0.25, 0.3) is 0 Å². The molecule has 7 nitrogen and oxygen atoms in total. The van der Waals surface area contributed by atoms with Crippen LogP contribution >= 0.6 is 24.0 Å².